The van der Waals surface area contributed by atoms with E-state index in [1.165, 1.54) is 23.8 Å². The first kappa shape index (κ1) is 24.0. The molecule has 0 unspecified atom stereocenters. The second-order valence-electron chi connectivity index (χ2n) is 7.86. The molecule has 9 nitrogen and oxygen atoms in total. The molecular weight excluding hydrogens is 468 g/mol. The predicted octanol–water partition coefficient (Wildman–Crippen LogP) is 4.71. The summed E-state index contributed by atoms with van der Waals surface area (Å²) in [5, 5.41) is 18.7. The van der Waals surface area contributed by atoms with E-state index in [2.05, 4.69) is 10.2 Å². The first-order chi connectivity index (χ1) is 16.7. The zero-order valence-corrected chi connectivity index (χ0v) is 20.2. The molecule has 180 valence electrons. The summed E-state index contributed by atoms with van der Waals surface area (Å²) in [5.74, 6) is -0.412. The zero-order valence-electron chi connectivity index (χ0n) is 19.4. The van der Waals surface area contributed by atoms with Crippen molar-refractivity contribution in [3.63, 3.8) is 0 Å². The van der Waals surface area contributed by atoms with Crippen LogP contribution in [0.5, 0.6) is 11.6 Å². The first-order valence-electron chi connectivity index (χ1n) is 10.7. The van der Waals surface area contributed by atoms with Gasteiger partial charge in [-0.05, 0) is 49.4 Å². The SMILES string of the molecule is COc1ccc(N(CC(=O)N=Nc2c(O)n(C)c3ccccc23)S(=O)(=O)c2ccc(C)cc2)cc1. The van der Waals surface area contributed by atoms with Crippen molar-refractivity contribution in [1.29, 1.82) is 0 Å². The number of methoxy groups -OCH3 is 1. The first-order valence-corrected chi connectivity index (χ1v) is 12.1. The van der Waals surface area contributed by atoms with Crippen LogP contribution in [0.3, 0.4) is 0 Å². The second kappa shape index (κ2) is 9.59. The summed E-state index contributed by atoms with van der Waals surface area (Å²) < 4.78 is 34.6. The fourth-order valence-corrected chi connectivity index (χ4v) is 5.03. The van der Waals surface area contributed by atoms with E-state index in [9.17, 15) is 18.3 Å². The molecular formula is C25H24N4O5S. The number of anilines is 1. The number of amides is 1. The highest BCUT2D eigenvalue weighted by atomic mass is 32.2. The molecule has 3 aromatic carbocycles. The van der Waals surface area contributed by atoms with Gasteiger partial charge in [0, 0.05) is 12.4 Å². The summed E-state index contributed by atoms with van der Waals surface area (Å²) >= 11 is 0. The van der Waals surface area contributed by atoms with Gasteiger partial charge in [-0.1, -0.05) is 35.9 Å². The maximum Gasteiger partial charge on any atom is 0.285 e. The van der Waals surface area contributed by atoms with Crippen LogP contribution in [0, 0.1) is 6.92 Å². The van der Waals surface area contributed by atoms with Gasteiger partial charge in [0.2, 0.25) is 5.88 Å². The Morgan fingerprint density at radius 3 is 2.34 bits per heavy atom. The lowest BCUT2D eigenvalue weighted by Gasteiger charge is -2.23. The maximum absolute atomic E-state index is 13.5. The molecule has 0 bridgehead atoms. The van der Waals surface area contributed by atoms with Crippen LogP contribution in [0.2, 0.25) is 0 Å². The highest BCUT2D eigenvalue weighted by molar-refractivity contribution is 7.92. The molecule has 1 aromatic heterocycles. The van der Waals surface area contributed by atoms with Gasteiger partial charge < -0.3 is 14.4 Å². The van der Waals surface area contributed by atoms with Crippen LogP contribution < -0.4 is 9.04 Å². The van der Waals surface area contributed by atoms with Crippen LogP contribution in [-0.4, -0.2) is 37.7 Å². The summed E-state index contributed by atoms with van der Waals surface area (Å²) in [6, 6.07) is 19.8. The van der Waals surface area contributed by atoms with E-state index in [1.807, 2.05) is 13.0 Å². The molecule has 1 amide bonds. The lowest BCUT2D eigenvalue weighted by atomic mass is 10.2. The number of ether oxygens (including phenoxy) is 1. The van der Waals surface area contributed by atoms with E-state index >= 15 is 0 Å². The monoisotopic (exact) mass is 492 g/mol. The number of aromatic nitrogens is 1. The van der Waals surface area contributed by atoms with Crippen molar-refractivity contribution in [3.05, 3.63) is 78.4 Å². The lowest BCUT2D eigenvalue weighted by Crippen LogP contribution is -2.35. The van der Waals surface area contributed by atoms with Gasteiger partial charge in [-0.25, -0.2) is 8.42 Å². The van der Waals surface area contributed by atoms with Crippen molar-refractivity contribution in [2.45, 2.75) is 11.8 Å². The smallest absolute Gasteiger partial charge is 0.285 e. The summed E-state index contributed by atoms with van der Waals surface area (Å²) in [5.41, 5.74) is 2.02. The topological polar surface area (TPSA) is 114 Å². The van der Waals surface area contributed by atoms with Gasteiger partial charge >= 0.3 is 0 Å². The van der Waals surface area contributed by atoms with Gasteiger partial charge in [-0.3, -0.25) is 9.10 Å². The average Bonchev–Trinajstić information content (AvgIpc) is 3.11. The van der Waals surface area contributed by atoms with Crippen molar-refractivity contribution >= 4 is 38.2 Å². The Morgan fingerprint density at radius 1 is 1.03 bits per heavy atom. The fraction of sp³-hybridized carbons (Fsp3) is 0.160. The molecule has 1 N–H and O–H groups in total. The van der Waals surface area contributed by atoms with Gasteiger partial charge in [0.25, 0.3) is 15.9 Å². The zero-order chi connectivity index (χ0) is 25.2. The predicted molar refractivity (Wildman–Crippen MR) is 133 cm³/mol. The summed E-state index contributed by atoms with van der Waals surface area (Å²) in [7, 11) is -0.924. The Morgan fingerprint density at radius 2 is 1.69 bits per heavy atom. The molecule has 0 fully saturated rings. The van der Waals surface area contributed by atoms with Crippen molar-refractivity contribution < 1.29 is 23.1 Å². The molecule has 0 radical (unpaired) electrons. The number of carbonyl (C=O) groups excluding carboxylic acids is 1. The standard InChI is InChI=1S/C25H24N4O5S/c1-17-8-14-20(15-9-17)35(32,33)29(18-10-12-19(34-3)13-11-18)16-23(30)26-27-24-21-6-4-5-7-22(21)28(2)25(24)31/h4-15,31H,16H2,1-3H3. The van der Waals surface area contributed by atoms with Crippen molar-refractivity contribution in [1.82, 2.24) is 4.57 Å². The number of hydrogen-bond acceptors (Lipinski definition) is 6. The Balaban J connectivity index is 1.68. The number of azo groups is 1. The number of carbonyl (C=O) groups is 1. The van der Waals surface area contributed by atoms with E-state index in [-0.39, 0.29) is 22.2 Å². The highest BCUT2D eigenvalue weighted by Gasteiger charge is 2.27. The Bertz CT molecular complexity index is 1510. The molecule has 4 aromatic rings. The van der Waals surface area contributed by atoms with Gasteiger partial charge in [-0.15, -0.1) is 10.2 Å². The fourth-order valence-electron chi connectivity index (χ4n) is 3.62. The quantitative estimate of drug-likeness (QED) is 0.376. The molecule has 0 aliphatic carbocycles. The number of sulfonamides is 1. The van der Waals surface area contributed by atoms with E-state index in [1.54, 1.807) is 61.6 Å². The largest absolute Gasteiger partial charge is 0.497 e. The highest BCUT2D eigenvalue weighted by Crippen LogP contribution is 2.37. The molecule has 1 heterocycles. The van der Waals surface area contributed by atoms with Gasteiger partial charge in [0.1, 0.15) is 12.3 Å². The molecule has 0 saturated carbocycles. The molecule has 35 heavy (non-hydrogen) atoms. The van der Waals surface area contributed by atoms with E-state index in [0.717, 1.165) is 9.87 Å². The van der Waals surface area contributed by atoms with Gasteiger partial charge in [0.15, 0.2) is 5.69 Å². The van der Waals surface area contributed by atoms with Gasteiger partial charge in [-0.2, -0.15) is 0 Å². The Kier molecular flexibility index (Phi) is 6.57. The van der Waals surface area contributed by atoms with E-state index in [0.29, 0.717) is 16.7 Å². The number of rotatable bonds is 7. The van der Waals surface area contributed by atoms with Crippen molar-refractivity contribution in [2.75, 3.05) is 18.0 Å². The van der Waals surface area contributed by atoms with Gasteiger partial charge in [0.05, 0.1) is 23.2 Å². The van der Waals surface area contributed by atoms with E-state index in [4.69, 9.17) is 4.74 Å². The summed E-state index contributed by atoms with van der Waals surface area (Å²) in [6.07, 6.45) is 0. The molecule has 0 atom stereocenters. The third-order valence-electron chi connectivity index (χ3n) is 5.56. The second-order valence-corrected chi connectivity index (χ2v) is 9.73. The molecule has 0 aliphatic rings. The maximum atomic E-state index is 13.5. The van der Waals surface area contributed by atoms with E-state index < -0.39 is 22.5 Å². The third-order valence-corrected chi connectivity index (χ3v) is 7.35. The van der Waals surface area contributed by atoms with Crippen molar-refractivity contribution in [3.8, 4) is 11.6 Å². The van der Waals surface area contributed by atoms with Crippen LogP contribution in [0.4, 0.5) is 11.4 Å². The summed E-state index contributed by atoms with van der Waals surface area (Å²) in [4.78, 5) is 12.9. The normalized spacial score (nSPS) is 11.7. The van der Waals surface area contributed by atoms with Crippen LogP contribution in [0.1, 0.15) is 5.56 Å². The Labute approximate surface area is 203 Å². The molecule has 0 aliphatic heterocycles. The molecule has 10 heteroatoms. The lowest BCUT2D eigenvalue weighted by molar-refractivity contribution is -0.116. The number of hydrogen-bond donors (Lipinski definition) is 1. The molecule has 4 rings (SSSR count). The molecule has 0 saturated heterocycles. The minimum absolute atomic E-state index is 0.0374. The summed E-state index contributed by atoms with van der Waals surface area (Å²) in [6.45, 7) is 1.27. The average molecular weight is 493 g/mol. The minimum atomic E-state index is -4.09. The van der Waals surface area contributed by atoms with Crippen molar-refractivity contribution in [2.24, 2.45) is 17.3 Å². The number of fused-ring (bicyclic) bond motifs is 1. The van der Waals surface area contributed by atoms with Crippen LogP contribution in [-0.2, 0) is 21.9 Å². The van der Waals surface area contributed by atoms with Crippen LogP contribution in [0.25, 0.3) is 10.9 Å². The van der Waals surface area contributed by atoms with Crippen LogP contribution in [0.15, 0.2) is 87.9 Å². The number of benzene rings is 3. The number of aryl methyl sites for hydroxylation is 2. The molecule has 0 spiro atoms. The Hall–Kier alpha value is -4.18. The number of para-hydroxylation sites is 1. The number of aromatic hydroxyl groups is 1. The minimum Gasteiger partial charge on any atom is -0.497 e. The number of nitrogens with zero attached hydrogens (tertiary/aromatic N) is 4. The van der Waals surface area contributed by atoms with Crippen LogP contribution >= 0.6 is 0 Å². The third kappa shape index (κ3) is 4.73.